The summed E-state index contributed by atoms with van der Waals surface area (Å²) in [4.78, 5) is 26.1. The maximum atomic E-state index is 12.8. The summed E-state index contributed by atoms with van der Waals surface area (Å²) < 4.78 is 43.2. The van der Waals surface area contributed by atoms with Gasteiger partial charge in [-0.3, -0.25) is 9.69 Å². The van der Waals surface area contributed by atoms with Crippen LogP contribution in [-0.2, 0) is 25.6 Å². The number of carboxylic acid groups (broad SMARTS) is 1. The molecule has 0 aliphatic carbocycles. The monoisotopic (exact) mass is 444 g/mol. The third-order valence-electron chi connectivity index (χ3n) is 5.64. The molecule has 3 fully saturated rings. The zero-order valence-corrected chi connectivity index (χ0v) is 17.3. The second-order valence-electron chi connectivity index (χ2n) is 8.06. The van der Waals surface area contributed by atoms with Crippen LogP contribution in [0.25, 0.3) is 0 Å². The second kappa shape index (κ2) is 9.97. The van der Waals surface area contributed by atoms with Gasteiger partial charge in [-0.2, -0.15) is 13.2 Å². The zero-order valence-electron chi connectivity index (χ0n) is 17.3. The summed E-state index contributed by atoms with van der Waals surface area (Å²) in [6.45, 7) is 7.59. The zero-order chi connectivity index (χ0) is 22.6. The highest BCUT2D eigenvalue weighted by atomic mass is 19.4. The Hall–Kier alpha value is -2.17. The third-order valence-corrected chi connectivity index (χ3v) is 5.64. The van der Waals surface area contributed by atoms with Gasteiger partial charge in [0.05, 0.1) is 31.3 Å². The molecule has 10 heteroatoms. The summed E-state index contributed by atoms with van der Waals surface area (Å²) in [5.74, 6) is -2.47. The minimum Gasteiger partial charge on any atom is -0.475 e. The van der Waals surface area contributed by atoms with Gasteiger partial charge in [-0.1, -0.05) is 29.8 Å². The van der Waals surface area contributed by atoms with Crippen molar-refractivity contribution in [2.24, 2.45) is 5.92 Å². The number of halogens is 3. The molecule has 31 heavy (non-hydrogen) atoms. The fourth-order valence-corrected chi connectivity index (χ4v) is 4.10. The quantitative estimate of drug-likeness (QED) is 0.769. The molecule has 1 amide bonds. The number of likely N-dealkylation sites (tertiary alicyclic amines) is 1. The molecule has 3 aliphatic rings. The molecular weight excluding hydrogens is 417 g/mol. The van der Waals surface area contributed by atoms with Crippen LogP contribution >= 0.6 is 0 Å². The minimum atomic E-state index is -5.08. The number of rotatable bonds is 3. The van der Waals surface area contributed by atoms with Crippen molar-refractivity contribution in [1.82, 2.24) is 9.80 Å². The standard InChI is InChI=1S/C19H26N2O3.C2HF3O2/c1-14-2-4-15(5-3-14)11-20-12-16-10-17(18(13-20)24-16)19(22)21-6-8-23-9-7-21;3-2(4,5)1(6)7/h2-5,16-18H,6-13H2,1H3;(H,6,7)/t16-,17+,18-;/m1./s1. The van der Waals surface area contributed by atoms with E-state index in [2.05, 4.69) is 36.1 Å². The number of alkyl halides is 3. The van der Waals surface area contributed by atoms with Gasteiger partial charge in [0.2, 0.25) is 5.91 Å². The van der Waals surface area contributed by atoms with Crippen LogP contribution in [-0.4, -0.2) is 84.6 Å². The van der Waals surface area contributed by atoms with Gasteiger partial charge in [-0.15, -0.1) is 0 Å². The Morgan fingerprint density at radius 2 is 1.74 bits per heavy atom. The maximum absolute atomic E-state index is 12.8. The maximum Gasteiger partial charge on any atom is 0.490 e. The normalized spacial score (nSPS) is 26.2. The molecule has 4 rings (SSSR count). The van der Waals surface area contributed by atoms with E-state index in [-0.39, 0.29) is 24.0 Å². The second-order valence-corrected chi connectivity index (χ2v) is 8.06. The molecule has 3 atom stereocenters. The number of benzene rings is 1. The summed E-state index contributed by atoms with van der Waals surface area (Å²) in [7, 11) is 0. The molecule has 1 aromatic rings. The summed E-state index contributed by atoms with van der Waals surface area (Å²) >= 11 is 0. The van der Waals surface area contributed by atoms with Crippen LogP contribution < -0.4 is 0 Å². The molecule has 1 aromatic carbocycles. The van der Waals surface area contributed by atoms with Crippen LogP contribution in [0.3, 0.4) is 0 Å². The lowest BCUT2D eigenvalue weighted by molar-refractivity contribution is -0.192. The number of fused-ring (bicyclic) bond motifs is 2. The van der Waals surface area contributed by atoms with E-state index in [0.29, 0.717) is 13.2 Å². The average molecular weight is 444 g/mol. The molecule has 3 heterocycles. The molecule has 3 aliphatic heterocycles. The van der Waals surface area contributed by atoms with Crippen LogP contribution in [0, 0.1) is 12.8 Å². The lowest BCUT2D eigenvalue weighted by Gasteiger charge is -2.34. The molecule has 2 bridgehead atoms. The fourth-order valence-electron chi connectivity index (χ4n) is 4.10. The van der Waals surface area contributed by atoms with E-state index >= 15 is 0 Å². The Kier molecular flexibility index (Phi) is 7.55. The topological polar surface area (TPSA) is 79.3 Å². The molecule has 0 aromatic heterocycles. The molecule has 0 radical (unpaired) electrons. The molecule has 0 saturated carbocycles. The van der Waals surface area contributed by atoms with Crippen molar-refractivity contribution in [2.45, 2.75) is 38.3 Å². The first-order valence-electron chi connectivity index (χ1n) is 10.2. The Morgan fingerprint density at radius 1 is 1.13 bits per heavy atom. The van der Waals surface area contributed by atoms with E-state index in [0.717, 1.165) is 39.1 Å². The largest absolute Gasteiger partial charge is 0.490 e. The molecule has 0 unspecified atom stereocenters. The number of hydrogen-bond acceptors (Lipinski definition) is 5. The number of aliphatic carboxylic acids is 1. The fraction of sp³-hybridized carbons (Fsp3) is 0.619. The van der Waals surface area contributed by atoms with E-state index < -0.39 is 12.1 Å². The number of carbonyl (C=O) groups excluding carboxylic acids is 1. The highest BCUT2D eigenvalue weighted by molar-refractivity contribution is 5.80. The molecule has 3 saturated heterocycles. The highest BCUT2D eigenvalue weighted by Gasteiger charge is 2.45. The number of morpholine rings is 2. The lowest BCUT2D eigenvalue weighted by Crippen LogP contribution is -2.48. The Bertz CT molecular complexity index is 765. The first-order chi connectivity index (χ1) is 14.6. The SMILES string of the molecule is Cc1ccc(CN2C[C@H]3C[C@H](C(=O)N4CCOCC4)[C@@H](C2)O3)cc1.O=C(O)C(F)(F)F. The van der Waals surface area contributed by atoms with E-state index in [1.807, 2.05) is 4.90 Å². The van der Waals surface area contributed by atoms with Crippen molar-refractivity contribution < 1.29 is 37.3 Å². The van der Waals surface area contributed by atoms with Gasteiger partial charge in [0.1, 0.15) is 0 Å². The third kappa shape index (κ3) is 6.41. The highest BCUT2D eigenvalue weighted by Crippen LogP contribution is 2.34. The van der Waals surface area contributed by atoms with Gasteiger partial charge in [0, 0.05) is 32.7 Å². The van der Waals surface area contributed by atoms with Gasteiger partial charge in [0.25, 0.3) is 0 Å². The number of aryl methyl sites for hydroxylation is 1. The van der Waals surface area contributed by atoms with E-state index in [4.69, 9.17) is 19.4 Å². The molecule has 172 valence electrons. The number of hydrogen-bond donors (Lipinski definition) is 1. The summed E-state index contributed by atoms with van der Waals surface area (Å²) in [5, 5.41) is 7.12. The van der Waals surface area contributed by atoms with Crippen molar-refractivity contribution in [3.05, 3.63) is 35.4 Å². The van der Waals surface area contributed by atoms with Gasteiger partial charge in [-0.05, 0) is 18.9 Å². The van der Waals surface area contributed by atoms with Crippen molar-refractivity contribution in [1.29, 1.82) is 0 Å². The molecule has 7 nitrogen and oxygen atoms in total. The van der Waals surface area contributed by atoms with Gasteiger partial charge in [0.15, 0.2) is 0 Å². The van der Waals surface area contributed by atoms with Crippen LogP contribution in [0.2, 0.25) is 0 Å². The lowest BCUT2D eigenvalue weighted by atomic mass is 9.98. The average Bonchev–Trinajstić information content (AvgIpc) is 3.03. The van der Waals surface area contributed by atoms with Crippen LogP contribution in [0.15, 0.2) is 24.3 Å². The van der Waals surface area contributed by atoms with Crippen molar-refractivity contribution >= 4 is 11.9 Å². The number of amides is 1. The minimum absolute atomic E-state index is 0.0242. The van der Waals surface area contributed by atoms with Gasteiger partial charge >= 0.3 is 12.1 Å². The van der Waals surface area contributed by atoms with Crippen LogP contribution in [0.4, 0.5) is 13.2 Å². The summed E-state index contributed by atoms with van der Waals surface area (Å²) in [6.07, 6.45) is -3.97. The van der Waals surface area contributed by atoms with Gasteiger partial charge < -0.3 is 19.5 Å². The van der Waals surface area contributed by atoms with Crippen LogP contribution in [0.5, 0.6) is 0 Å². The predicted octanol–water partition coefficient (Wildman–Crippen LogP) is 2.08. The Morgan fingerprint density at radius 3 is 2.32 bits per heavy atom. The Labute approximate surface area is 178 Å². The van der Waals surface area contributed by atoms with E-state index in [1.54, 1.807) is 0 Å². The Balaban J connectivity index is 0.000000339. The molecule has 0 spiro atoms. The number of carboxylic acids is 1. The van der Waals surface area contributed by atoms with Crippen LogP contribution in [0.1, 0.15) is 17.5 Å². The first kappa shape index (κ1) is 23.5. The number of carbonyl (C=O) groups is 2. The van der Waals surface area contributed by atoms with E-state index in [1.165, 1.54) is 11.1 Å². The predicted molar refractivity (Wildman–Crippen MR) is 104 cm³/mol. The van der Waals surface area contributed by atoms with Gasteiger partial charge in [-0.25, -0.2) is 4.79 Å². The first-order valence-corrected chi connectivity index (χ1v) is 10.2. The van der Waals surface area contributed by atoms with Crippen molar-refractivity contribution in [3.63, 3.8) is 0 Å². The molecular formula is C21H27F3N2O5. The number of nitrogens with zero attached hydrogens (tertiary/aromatic N) is 2. The summed E-state index contributed by atoms with van der Waals surface area (Å²) in [5.41, 5.74) is 2.62. The molecule has 1 N–H and O–H groups in total. The van der Waals surface area contributed by atoms with Crippen molar-refractivity contribution in [2.75, 3.05) is 39.4 Å². The summed E-state index contributed by atoms with van der Waals surface area (Å²) in [6, 6.07) is 8.72. The van der Waals surface area contributed by atoms with E-state index in [9.17, 15) is 18.0 Å². The van der Waals surface area contributed by atoms with Crippen molar-refractivity contribution in [3.8, 4) is 0 Å². The number of ether oxygens (including phenoxy) is 2. The smallest absolute Gasteiger partial charge is 0.475 e.